The standard InChI is InChI=1S/C20H24N4O4/c1-5-12-21-17(26)20-11-10-19(4,18(20,2)3)15(16(20)25)23-22-13-6-8-14(9-7-13)24(27)28/h5-9,22H,1,10-12H2,2-4H3,(H,21,26)/b23-15+. The fourth-order valence-electron chi connectivity index (χ4n) is 4.57. The molecular weight excluding hydrogens is 360 g/mol. The molecule has 2 unspecified atom stereocenters. The van der Waals surface area contributed by atoms with Crippen molar-refractivity contribution < 1.29 is 14.5 Å². The first-order valence-electron chi connectivity index (χ1n) is 9.14. The molecule has 0 radical (unpaired) electrons. The highest BCUT2D eigenvalue weighted by Gasteiger charge is 2.76. The smallest absolute Gasteiger partial charge is 0.269 e. The molecule has 8 heteroatoms. The molecule has 28 heavy (non-hydrogen) atoms. The Balaban J connectivity index is 1.93. The number of hydrazone groups is 1. The molecule has 2 fully saturated rings. The summed E-state index contributed by atoms with van der Waals surface area (Å²) in [6.07, 6.45) is 2.74. The molecule has 0 aromatic heterocycles. The predicted octanol–water partition coefficient (Wildman–Crippen LogP) is 3.06. The summed E-state index contributed by atoms with van der Waals surface area (Å²) in [5.74, 6) is -0.547. The summed E-state index contributed by atoms with van der Waals surface area (Å²) in [7, 11) is 0. The van der Waals surface area contributed by atoms with Gasteiger partial charge in [0.1, 0.15) is 11.1 Å². The molecule has 2 N–H and O–H groups in total. The average Bonchev–Trinajstić information content (AvgIpc) is 2.94. The van der Waals surface area contributed by atoms with Crippen molar-refractivity contribution in [3.8, 4) is 0 Å². The summed E-state index contributed by atoms with van der Waals surface area (Å²) in [6.45, 7) is 9.76. The molecule has 0 aliphatic heterocycles. The Labute approximate surface area is 163 Å². The lowest BCUT2D eigenvalue weighted by molar-refractivity contribution is -0.384. The number of ketones is 1. The number of carbonyl (C=O) groups excluding carboxylic acids is 2. The van der Waals surface area contributed by atoms with E-state index in [0.29, 0.717) is 30.8 Å². The van der Waals surface area contributed by atoms with Gasteiger partial charge in [-0.25, -0.2) is 0 Å². The number of carbonyl (C=O) groups is 2. The van der Waals surface area contributed by atoms with Gasteiger partial charge in [-0.15, -0.1) is 6.58 Å². The second-order valence-corrected chi connectivity index (χ2v) is 8.07. The number of rotatable bonds is 6. The molecule has 3 rings (SSSR count). The van der Waals surface area contributed by atoms with Crippen LogP contribution in [0.1, 0.15) is 33.6 Å². The third kappa shape index (κ3) is 2.47. The Bertz CT molecular complexity index is 890. The second-order valence-electron chi connectivity index (χ2n) is 8.07. The van der Waals surface area contributed by atoms with E-state index in [-0.39, 0.29) is 17.4 Å². The van der Waals surface area contributed by atoms with E-state index in [4.69, 9.17) is 0 Å². The molecule has 1 amide bonds. The van der Waals surface area contributed by atoms with E-state index >= 15 is 0 Å². The zero-order valence-electron chi connectivity index (χ0n) is 16.2. The molecule has 8 nitrogen and oxygen atoms in total. The first kappa shape index (κ1) is 19.7. The highest BCUT2D eigenvalue weighted by Crippen LogP contribution is 2.69. The van der Waals surface area contributed by atoms with Gasteiger partial charge in [0.15, 0.2) is 5.78 Å². The van der Waals surface area contributed by atoms with E-state index in [1.54, 1.807) is 6.08 Å². The number of Topliss-reactive ketones (excluding diaryl/α,β-unsaturated/α-hetero) is 1. The number of amides is 1. The predicted molar refractivity (Wildman–Crippen MR) is 106 cm³/mol. The Morgan fingerprint density at radius 2 is 1.93 bits per heavy atom. The maximum atomic E-state index is 13.3. The number of anilines is 1. The lowest BCUT2D eigenvalue weighted by Gasteiger charge is -2.37. The van der Waals surface area contributed by atoms with Gasteiger partial charge in [-0.05, 0) is 30.4 Å². The highest BCUT2D eigenvalue weighted by molar-refractivity contribution is 6.50. The van der Waals surface area contributed by atoms with Crippen LogP contribution in [0.15, 0.2) is 42.0 Å². The highest BCUT2D eigenvalue weighted by atomic mass is 16.6. The summed E-state index contributed by atoms with van der Waals surface area (Å²) >= 11 is 0. The van der Waals surface area contributed by atoms with E-state index in [2.05, 4.69) is 22.4 Å². The summed E-state index contributed by atoms with van der Waals surface area (Å²) in [5, 5.41) is 17.9. The van der Waals surface area contributed by atoms with Crippen LogP contribution in [0.4, 0.5) is 11.4 Å². The van der Waals surface area contributed by atoms with Gasteiger partial charge < -0.3 is 5.32 Å². The molecule has 2 aliphatic rings. The van der Waals surface area contributed by atoms with Crippen LogP contribution in [0.5, 0.6) is 0 Å². The largest absolute Gasteiger partial charge is 0.352 e. The number of hydrogen-bond acceptors (Lipinski definition) is 6. The number of hydrogen-bond donors (Lipinski definition) is 2. The molecule has 0 spiro atoms. The number of nitrogens with one attached hydrogen (secondary N) is 2. The maximum Gasteiger partial charge on any atom is 0.269 e. The van der Waals surface area contributed by atoms with Crippen LogP contribution >= 0.6 is 0 Å². The van der Waals surface area contributed by atoms with E-state index < -0.39 is 21.2 Å². The normalized spacial score (nSPS) is 29.0. The van der Waals surface area contributed by atoms with Crippen molar-refractivity contribution in [3.05, 3.63) is 47.0 Å². The lowest BCUT2D eigenvalue weighted by Crippen LogP contribution is -2.50. The Hall–Kier alpha value is -3.03. The first-order valence-corrected chi connectivity index (χ1v) is 9.14. The molecule has 1 aromatic carbocycles. The van der Waals surface area contributed by atoms with Gasteiger partial charge in [-0.2, -0.15) is 5.10 Å². The number of nitro benzene ring substituents is 1. The Morgan fingerprint density at radius 1 is 1.29 bits per heavy atom. The van der Waals surface area contributed by atoms with Gasteiger partial charge in [0.2, 0.25) is 5.91 Å². The lowest BCUT2D eigenvalue weighted by atomic mass is 9.64. The zero-order chi connectivity index (χ0) is 20.7. The molecule has 2 saturated carbocycles. The van der Waals surface area contributed by atoms with E-state index in [9.17, 15) is 19.7 Å². The van der Waals surface area contributed by atoms with Crippen LogP contribution in [0.25, 0.3) is 0 Å². The summed E-state index contributed by atoms with van der Waals surface area (Å²) in [4.78, 5) is 36.6. The number of nitrogens with zero attached hydrogens (tertiary/aromatic N) is 2. The van der Waals surface area contributed by atoms with Crippen molar-refractivity contribution in [2.45, 2.75) is 33.6 Å². The fraction of sp³-hybridized carbons (Fsp3) is 0.450. The minimum Gasteiger partial charge on any atom is -0.352 e. The topological polar surface area (TPSA) is 114 Å². The SMILES string of the molecule is C=CCNC(=O)C12CCC(C)(/C(=N/Nc3ccc([N+](=O)[O-])cc3)C1=O)C2(C)C. The Morgan fingerprint density at radius 3 is 2.50 bits per heavy atom. The van der Waals surface area contributed by atoms with Crippen LogP contribution in [-0.2, 0) is 9.59 Å². The molecule has 2 bridgehead atoms. The van der Waals surface area contributed by atoms with Gasteiger partial charge >= 0.3 is 0 Å². The third-order valence-corrected chi connectivity index (χ3v) is 6.74. The van der Waals surface area contributed by atoms with Crippen molar-refractivity contribution in [2.24, 2.45) is 21.3 Å². The van der Waals surface area contributed by atoms with Crippen molar-refractivity contribution in [2.75, 3.05) is 12.0 Å². The van der Waals surface area contributed by atoms with Gasteiger partial charge in [-0.1, -0.05) is 26.8 Å². The molecule has 148 valence electrons. The van der Waals surface area contributed by atoms with E-state index in [1.807, 2.05) is 20.8 Å². The molecule has 1 aromatic rings. The fourth-order valence-corrected chi connectivity index (χ4v) is 4.57. The van der Waals surface area contributed by atoms with Crippen molar-refractivity contribution in [1.29, 1.82) is 0 Å². The Kier molecular flexibility index (Phi) is 4.61. The molecule has 0 heterocycles. The number of fused-ring (bicyclic) bond motifs is 2. The molecule has 2 atom stereocenters. The van der Waals surface area contributed by atoms with Crippen LogP contribution in [-0.4, -0.2) is 28.9 Å². The van der Waals surface area contributed by atoms with E-state index in [1.165, 1.54) is 24.3 Å². The summed E-state index contributed by atoms with van der Waals surface area (Å²) < 4.78 is 0. The van der Waals surface area contributed by atoms with Crippen LogP contribution in [0, 0.1) is 26.4 Å². The molecule has 2 aliphatic carbocycles. The number of benzene rings is 1. The van der Waals surface area contributed by atoms with Crippen LogP contribution < -0.4 is 10.7 Å². The van der Waals surface area contributed by atoms with Crippen molar-refractivity contribution >= 4 is 28.8 Å². The summed E-state index contributed by atoms with van der Waals surface area (Å²) in [6, 6.07) is 5.78. The molecule has 0 saturated heterocycles. The van der Waals surface area contributed by atoms with Crippen molar-refractivity contribution in [3.63, 3.8) is 0 Å². The summed E-state index contributed by atoms with van der Waals surface area (Å²) in [5.41, 5.74) is 1.37. The van der Waals surface area contributed by atoms with Gasteiger partial charge in [0.25, 0.3) is 5.69 Å². The quantitative estimate of drug-likeness (QED) is 0.339. The van der Waals surface area contributed by atoms with Gasteiger partial charge in [-0.3, -0.25) is 25.1 Å². The van der Waals surface area contributed by atoms with Gasteiger partial charge in [0, 0.05) is 24.1 Å². The zero-order valence-corrected chi connectivity index (χ0v) is 16.2. The van der Waals surface area contributed by atoms with Crippen molar-refractivity contribution in [1.82, 2.24) is 5.32 Å². The monoisotopic (exact) mass is 384 g/mol. The third-order valence-electron chi connectivity index (χ3n) is 6.74. The van der Waals surface area contributed by atoms with Gasteiger partial charge in [0.05, 0.1) is 10.6 Å². The van der Waals surface area contributed by atoms with Crippen LogP contribution in [0.3, 0.4) is 0 Å². The minimum atomic E-state index is -1.15. The first-order chi connectivity index (χ1) is 13.1. The number of nitro groups is 1. The number of non-ortho nitro benzene ring substituents is 1. The van der Waals surface area contributed by atoms with E-state index in [0.717, 1.165) is 0 Å². The average molecular weight is 384 g/mol. The van der Waals surface area contributed by atoms with Crippen LogP contribution in [0.2, 0.25) is 0 Å². The second kappa shape index (κ2) is 6.54. The minimum absolute atomic E-state index is 0.0276. The maximum absolute atomic E-state index is 13.3. The molecular formula is C20H24N4O4.